The molecule has 7 nitrogen and oxygen atoms in total. The Morgan fingerprint density at radius 2 is 2.17 bits per heavy atom. The topological polar surface area (TPSA) is 92.9 Å². The molecule has 2 aromatic rings. The predicted molar refractivity (Wildman–Crippen MR) is 80.0 cm³/mol. The van der Waals surface area contributed by atoms with Gasteiger partial charge in [-0.25, -0.2) is 9.78 Å². The average Bonchev–Trinajstić information content (AvgIpc) is 3.08. The van der Waals surface area contributed by atoms with Gasteiger partial charge in [0.2, 0.25) is 0 Å². The first-order valence-electron chi connectivity index (χ1n) is 7.21. The zero-order valence-corrected chi connectivity index (χ0v) is 12.6. The van der Waals surface area contributed by atoms with E-state index in [0.29, 0.717) is 29.3 Å². The summed E-state index contributed by atoms with van der Waals surface area (Å²) in [5.74, 6) is -0.675. The van der Waals surface area contributed by atoms with Gasteiger partial charge in [-0.05, 0) is 31.2 Å². The van der Waals surface area contributed by atoms with Crippen LogP contribution in [0.1, 0.15) is 16.1 Å². The highest BCUT2D eigenvalue weighted by Gasteiger charge is 2.30. The number of pyridine rings is 1. The number of carboxylic acids is 1. The number of carboxylic acid groups (broad SMARTS) is 1. The smallest absolute Gasteiger partial charge is 0.334 e. The monoisotopic (exact) mass is 316 g/mol. The van der Waals surface area contributed by atoms with E-state index in [4.69, 9.17) is 14.3 Å². The Hall–Kier alpha value is -2.67. The second-order valence-electron chi connectivity index (χ2n) is 5.26. The van der Waals surface area contributed by atoms with Gasteiger partial charge in [0.1, 0.15) is 5.69 Å². The molecule has 0 aliphatic carbocycles. The van der Waals surface area contributed by atoms with E-state index >= 15 is 0 Å². The zero-order chi connectivity index (χ0) is 16.4. The normalized spacial score (nSPS) is 18.0. The summed E-state index contributed by atoms with van der Waals surface area (Å²) in [6.07, 6.45) is 0.578. The maximum Gasteiger partial charge on any atom is 0.334 e. The van der Waals surface area contributed by atoms with Gasteiger partial charge in [-0.1, -0.05) is 0 Å². The van der Waals surface area contributed by atoms with Gasteiger partial charge in [0.05, 0.1) is 30.7 Å². The predicted octanol–water partition coefficient (Wildman–Crippen LogP) is 1.58. The Kier molecular flexibility index (Phi) is 4.12. The van der Waals surface area contributed by atoms with Gasteiger partial charge in [0, 0.05) is 6.54 Å². The molecule has 2 aromatic heterocycles. The van der Waals surface area contributed by atoms with E-state index < -0.39 is 12.1 Å². The molecule has 1 atom stereocenters. The molecule has 1 amide bonds. The number of morpholine rings is 1. The third kappa shape index (κ3) is 3.09. The molecule has 0 saturated carbocycles. The summed E-state index contributed by atoms with van der Waals surface area (Å²) in [6.45, 7) is 2.35. The van der Waals surface area contributed by atoms with Crippen molar-refractivity contribution < 1.29 is 23.8 Å². The molecule has 0 aromatic carbocycles. The molecule has 1 aliphatic heterocycles. The van der Waals surface area contributed by atoms with Gasteiger partial charge in [-0.3, -0.25) is 4.79 Å². The van der Waals surface area contributed by atoms with Gasteiger partial charge in [-0.2, -0.15) is 0 Å². The molecule has 3 heterocycles. The summed E-state index contributed by atoms with van der Waals surface area (Å²) >= 11 is 0. The number of carbonyl (C=O) groups excluding carboxylic acids is 1. The Morgan fingerprint density at radius 3 is 2.83 bits per heavy atom. The maximum atomic E-state index is 12.6. The van der Waals surface area contributed by atoms with Crippen molar-refractivity contribution >= 4 is 11.9 Å². The van der Waals surface area contributed by atoms with Crippen molar-refractivity contribution in [2.75, 3.05) is 19.7 Å². The molecule has 0 unspecified atom stereocenters. The lowest BCUT2D eigenvalue weighted by molar-refractivity contribution is -0.154. The van der Waals surface area contributed by atoms with Gasteiger partial charge < -0.3 is 19.2 Å². The third-order valence-electron chi connectivity index (χ3n) is 3.72. The van der Waals surface area contributed by atoms with Crippen LogP contribution in [0.25, 0.3) is 11.5 Å². The molecule has 120 valence electrons. The number of hydrogen-bond acceptors (Lipinski definition) is 5. The zero-order valence-electron chi connectivity index (χ0n) is 12.6. The standard InChI is InChI=1S/C16H16N2O5/c1-10-11(4-5-12(17-10)13-3-2-7-22-13)15(19)18-6-8-23-14(9-18)16(20)21/h2-5,7,14H,6,8-9H2,1H3,(H,20,21)/t14-/m0/s1. The van der Waals surface area contributed by atoms with Gasteiger partial charge in [0.15, 0.2) is 11.9 Å². The first-order valence-corrected chi connectivity index (χ1v) is 7.21. The van der Waals surface area contributed by atoms with Gasteiger partial charge in [-0.15, -0.1) is 0 Å². The number of aromatic nitrogens is 1. The molecule has 23 heavy (non-hydrogen) atoms. The van der Waals surface area contributed by atoms with E-state index in [9.17, 15) is 9.59 Å². The highest BCUT2D eigenvalue weighted by molar-refractivity contribution is 5.96. The van der Waals surface area contributed by atoms with Crippen LogP contribution in [0.2, 0.25) is 0 Å². The SMILES string of the molecule is Cc1nc(-c2ccco2)ccc1C(=O)N1CCO[C@H](C(=O)O)C1. The summed E-state index contributed by atoms with van der Waals surface area (Å²) in [7, 11) is 0. The first kappa shape index (κ1) is 15.2. The van der Waals surface area contributed by atoms with E-state index in [1.165, 1.54) is 4.90 Å². The molecule has 1 fully saturated rings. The summed E-state index contributed by atoms with van der Waals surface area (Å²) in [6, 6.07) is 6.97. The van der Waals surface area contributed by atoms with Crippen LogP contribution in [0.5, 0.6) is 0 Å². The molecule has 1 saturated heterocycles. The number of aliphatic carboxylic acids is 1. The summed E-state index contributed by atoms with van der Waals surface area (Å²) in [5.41, 5.74) is 1.67. The van der Waals surface area contributed by atoms with Crippen LogP contribution in [0, 0.1) is 6.92 Å². The molecule has 1 aliphatic rings. The van der Waals surface area contributed by atoms with Crippen molar-refractivity contribution in [3.8, 4) is 11.5 Å². The van der Waals surface area contributed by atoms with Crippen molar-refractivity contribution in [2.24, 2.45) is 0 Å². The van der Waals surface area contributed by atoms with E-state index in [1.54, 1.807) is 37.5 Å². The minimum Gasteiger partial charge on any atom is -0.479 e. The van der Waals surface area contributed by atoms with E-state index in [2.05, 4.69) is 4.98 Å². The fourth-order valence-electron chi connectivity index (χ4n) is 2.50. The van der Waals surface area contributed by atoms with E-state index in [0.717, 1.165) is 0 Å². The van der Waals surface area contributed by atoms with Crippen LogP contribution in [0.4, 0.5) is 0 Å². The fraction of sp³-hybridized carbons (Fsp3) is 0.312. The molecule has 3 rings (SSSR count). The quantitative estimate of drug-likeness (QED) is 0.924. The number of carbonyl (C=O) groups is 2. The van der Waals surface area contributed by atoms with Gasteiger partial charge >= 0.3 is 5.97 Å². The number of amides is 1. The van der Waals surface area contributed by atoms with E-state index in [1.807, 2.05) is 0 Å². The summed E-state index contributed by atoms with van der Waals surface area (Å²) in [4.78, 5) is 29.5. The minimum atomic E-state index is -1.06. The number of furan rings is 1. The van der Waals surface area contributed by atoms with Crippen LogP contribution < -0.4 is 0 Å². The lowest BCUT2D eigenvalue weighted by atomic mass is 10.1. The largest absolute Gasteiger partial charge is 0.479 e. The Balaban J connectivity index is 1.81. The Morgan fingerprint density at radius 1 is 1.35 bits per heavy atom. The van der Waals surface area contributed by atoms with Crippen molar-refractivity contribution in [1.82, 2.24) is 9.88 Å². The molecule has 0 radical (unpaired) electrons. The second kappa shape index (κ2) is 6.21. The van der Waals surface area contributed by atoms with Crippen molar-refractivity contribution in [1.29, 1.82) is 0 Å². The van der Waals surface area contributed by atoms with Crippen molar-refractivity contribution in [2.45, 2.75) is 13.0 Å². The average molecular weight is 316 g/mol. The summed E-state index contributed by atoms with van der Waals surface area (Å²) in [5, 5.41) is 9.02. The lowest BCUT2D eigenvalue weighted by Crippen LogP contribution is -2.48. The Labute approximate surface area is 132 Å². The van der Waals surface area contributed by atoms with Crippen LogP contribution in [-0.4, -0.2) is 52.7 Å². The molecule has 0 spiro atoms. The van der Waals surface area contributed by atoms with Crippen molar-refractivity contribution in [3.05, 3.63) is 41.8 Å². The second-order valence-corrected chi connectivity index (χ2v) is 5.26. The lowest BCUT2D eigenvalue weighted by Gasteiger charge is -2.31. The molecular weight excluding hydrogens is 300 g/mol. The minimum absolute atomic E-state index is 0.0353. The van der Waals surface area contributed by atoms with Crippen LogP contribution in [-0.2, 0) is 9.53 Å². The van der Waals surface area contributed by atoms with E-state index in [-0.39, 0.29) is 19.1 Å². The van der Waals surface area contributed by atoms with Crippen LogP contribution in [0.3, 0.4) is 0 Å². The third-order valence-corrected chi connectivity index (χ3v) is 3.72. The maximum absolute atomic E-state index is 12.6. The van der Waals surface area contributed by atoms with Crippen molar-refractivity contribution in [3.63, 3.8) is 0 Å². The highest BCUT2D eigenvalue weighted by Crippen LogP contribution is 2.20. The number of aryl methyl sites for hydroxylation is 1. The van der Waals surface area contributed by atoms with Gasteiger partial charge in [0.25, 0.3) is 5.91 Å². The molecule has 7 heteroatoms. The van der Waals surface area contributed by atoms with Crippen LogP contribution >= 0.6 is 0 Å². The fourth-order valence-corrected chi connectivity index (χ4v) is 2.50. The van der Waals surface area contributed by atoms with Crippen LogP contribution in [0.15, 0.2) is 34.9 Å². The number of nitrogens with zero attached hydrogens (tertiary/aromatic N) is 2. The Bertz CT molecular complexity index is 726. The first-order chi connectivity index (χ1) is 11.1. The highest BCUT2D eigenvalue weighted by atomic mass is 16.5. The number of rotatable bonds is 3. The number of hydrogen-bond donors (Lipinski definition) is 1. The summed E-state index contributed by atoms with van der Waals surface area (Å²) < 4.78 is 10.4. The molecular formula is C16H16N2O5. The molecule has 1 N–H and O–H groups in total. The number of ether oxygens (including phenoxy) is 1. The molecule has 0 bridgehead atoms.